The zero-order chi connectivity index (χ0) is 17.5. The van der Waals surface area contributed by atoms with Crippen molar-refractivity contribution in [1.29, 1.82) is 0 Å². The Kier molecular flexibility index (Phi) is 3.94. The number of halogens is 1. The van der Waals surface area contributed by atoms with Crippen molar-refractivity contribution in [2.45, 2.75) is 6.54 Å². The molecule has 1 saturated heterocycles. The SMILES string of the molecule is Fc1ccc(CN2CCN(C3=C4C=CCN4c4sccc4N3)CC2)cc1. The number of nitrogens with zero attached hydrogens (tertiary/aromatic N) is 3. The molecule has 3 aliphatic heterocycles. The highest BCUT2D eigenvalue weighted by Gasteiger charge is 2.30. The van der Waals surface area contributed by atoms with Crippen molar-refractivity contribution < 1.29 is 4.39 Å². The summed E-state index contributed by atoms with van der Waals surface area (Å²) in [7, 11) is 0. The molecule has 0 unspecified atom stereocenters. The second-order valence-electron chi connectivity index (χ2n) is 6.90. The van der Waals surface area contributed by atoms with Crippen LogP contribution in [0.1, 0.15) is 5.56 Å². The standard InChI is InChI=1S/C20H21FN4S/c21-16-5-3-15(4-6-16)14-23-9-11-24(12-10-23)19-18-2-1-8-25(18)20-17(22-19)7-13-26-20/h1-7,13,22H,8-12,14H2. The molecule has 134 valence electrons. The van der Waals surface area contributed by atoms with Gasteiger partial charge in [-0.25, -0.2) is 4.39 Å². The predicted molar refractivity (Wildman–Crippen MR) is 105 cm³/mol. The fraction of sp³-hybridized carbons (Fsp3) is 0.300. The Morgan fingerprint density at radius 2 is 1.85 bits per heavy atom. The van der Waals surface area contributed by atoms with E-state index in [0.717, 1.165) is 39.3 Å². The van der Waals surface area contributed by atoms with Crippen molar-refractivity contribution in [3.05, 3.63) is 70.8 Å². The van der Waals surface area contributed by atoms with Crippen LogP contribution in [-0.4, -0.2) is 42.5 Å². The maximum atomic E-state index is 13.1. The summed E-state index contributed by atoms with van der Waals surface area (Å²) in [5, 5.41) is 7.11. The van der Waals surface area contributed by atoms with Gasteiger partial charge in [-0.2, -0.15) is 0 Å². The minimum absolute atomic E-state index is 0.169. The Labute approximate surface area is 156 Å². The number of allylic oxidation sites excluding steroid dienone is 1. The summed E-state index contributed by atoms with van der Waals surface area (Å²) in [6.07, 6.45) is 4.46. The van der Waals surface area contributed by atoms with Crippen molar-refractivity contribution in [3.8, 4) is 0 Å². The minimum atomic E-state index is -0.169. The van der Waals surface area contributed by atoms with Crippen LogP contribution in [0.5, 0.6) is 0 Å². The number of benzene rings is 1. The van der Waals surface area contributed by atoms with Crippen molar-refractivity contribution in [2.24, 2.45) is 0 Å². The molecule has 1 N–H and O–H groups in total. The molecule has 1 aromatic heterocycles. The third-order valence-corrected chi connectivity index (χ3v) is 6.18. The minimum Gasteiger partial charge on any atom is -0.354 e. The van der Waals surface area contributed by atoms with E-state index in [1.54, 1.807) is 23.5 Å². The zero-order valence-electron chi connectivity index (χ0n) is 14.5. The summed E-state index contributed by atoms with van der Waals surface area (Å²) in [4.78, 5) is 7.30. The second-order valence-corrected chi connectivity index (χ2v) is 7.80. The van der Waals surface area contributed by atoms with Crippen LogP contribution >= 0.6 is 11.3 Å². The van der Waals surface area contributed by atoms with Crippen molar-refractivity contribution in [1.82, 2.24) is 9.80 Å². The number of rotatable bonds is 3. The molecule has 3 aliphatic rings. The predicted octanol–water partition coefficient (Wildman–Crippen LogP) is 3.68. The van der Waals surface area contributed by atoms with Gasteiger partial charge in [0.15, 0.2) is 0 Å². The van der Waals surface area contributed by atoms with Crippen LogP contribution in [0.4, 0.5) is 15.1 Å². The van der Waals surface area contributed by atoms with Gasteiger partial charge in [-0.1, -0.05) is 18.2 Å². The Bertz CT molecular complexity index is 862. The van der Waals surface area contributed by atoms with E-state index < -0.39 is 0 Å². The first-order valence-corrected chi connectivity index (χ1v) is 9.90. The van der Waals surface area contributed by atoms with E-state index in [2.05, 4.69) is 43.6 Å². The van der Waals surface area contributed by atoms with Crippen LogP contribution < -0.4 is 10.2 Å². The molecule has 1 fully saturated rings. The summed E-state index contributed by atoms with van der Waals surface area (Å²) in [6, 6.07) is 9.02. The molecule has 4 heterocycles. The number of piperazine rings is 1. The lowest BCUT2D eigenvalue weighted by Crippen LogP contribution is -2.47. The van der Waals surface area contributed by atoms with E-state index in [1.165, 1.54) is 27.8 Å². The third kappa shape index (κ3) is 2.79. The maximum Gasteiger partial charge on any atom is 0.130 e. The lowest BCUT2D eigenvalue weighted by molar-refractivity contribution is 0.153. The molecule has 4 nitrogen and oxygen atoms in total. The molecule has 0 amide bonds. The molecule has 2 aromatic rings. The number of anilines is 2. The molecule has 6 heteroatoms. The van der Waals surface area contributed by atoms with Gasteiger partial charge in [-0.15, -0.1) is 11.3 Å². The summed E-state index contributed by atoms with van der Waals surface area (Å²) in [5.74, 6) is 1.06. The first kappa shape index (κ1) is 15.9. The number of thiophene rings is 1. The fourth-order valence-electron chi connectivity index (χ4n) is 3.87. The van der Waals surface area contributed by atoms with E-state index >= 15 is 0 Å². The molecular weight excluding hydrogens is 347 g/mol. The monoisotopic (exact) mass is 368 g/mol. The van der Waals surface area contributed by atoms with Gasteiger partial charge in [0.1, 0.15) is 16.6 Å². The molecule has 0 bridgehead atoms. The van der Waals surface area contributed by atoms with Gasteiger partial charge in [-0.3, -0.25) is 4.90 Å². The highest BCUT2D eigenvalue weighted by molar-refractivity contribution is 7.15. The first-order valence-electron chi connectivity index (χ1n) is 9.02. The number of hydrogen-bond acceptors (Lipinski definition) is 5. The van der Waals surface area contributed by atoms with Gasteiger partial charge in [0.05, 0.1) is 11.4 Å². The van der Waals surface area contributed by atoms with Crippen LogP contribution in [0.25, 0.3) is 0 Å². The normalized spacial score (nSPS) is 19.6. The van der Waals surface area contributed by atoms with E-state index in [1.807, 2.05) is 12.1 Å². The quantitative estimate of drug-likeness (QED) is 0.892. The van der Waals surface area contributed by atoms with E-state index in [0.29, 0.717) is 0 Å². The summed E-state index contributed by atoms with van der Waals surface area (Å²) < 4.78 is 13.1. The molecule has 0 radical (unpaired) electrons. The smallest absolute Gasteiger partial charge is 0.130 e. The highest BCUT2D eigenvalue weighted by Crippen LogP contribution is 2.42. The Morgan fingerprint density at radius 3 is 2.65 bits per heavy atom. The molecule has 0 saturated carbocycles. The first-order chi connectivity index (χ1) is 12.8. The Hall–Kier alpha value is -2.31. The van der Waals surface area contributed by atoms with Crippen LogP contribution in [0.3, 0.4) is 0 Å². The largest absolute Gasteiger partial charge is 0.354 e. The van der Waals surface area contributed by atoms with Gasteiger partial charge < -0.3 is 15.1 Å². The fourth-order valence-corrected chi connectivity index (χ4v) is 4.75. The molecule has 0 aliphatic carbocycles. The van der Waals surface area contributed by atoms with Crippen LogP contribution in [0.15, 0.2) is 59.4 Å². The van der Waals surface area contributed by atoms with Gasteiger partial charge in [0, 0.05) is 39.3 Å². The van der Waals surface area contributed by atoms with Gasteiger partial charge in [0.2, 0.25) is 0 Å². The Balaban J connectivity index is 1.28. The average molecular weight is 368 g/mol. The maximum absolute atomic E-state index is 13.1. The van der Waals surface area contributed by atoms with Crippen LogP contribution in [0.2, 0.25) is 0 Å². The van der Waals surface area contributed by atoms with Gasteiger partial charge in [-0.05, 0) is 35.2 Å². The highest BCUT2D eigenvalue weighted by atomic mass is 32.1. The Morgan fingerprint density at radius 1 is 1.04 bits per heavy atom. The van der Waals surface area contributed by atoms with E-state index in [9.17, 15) is 4.39 Å². The van der Waals surface area contributed by atoms with Crippen LogP contribution in [0, 0.1) is 5.82 Å². The van der Waals surface area contributed by atoms with Gasteiger partial charge in [0.25, 0.3) is 0 Å². The van der Waals surface area contributed by atoms with Crippen molar-refractivity contribution in [2.75, 3.05) is 42.9 Å². The molecule has 5 rings (SSSR count). The zero-order valence-corrected chi connectivity index (χ0v) is 15.3. The van der Waals surface area contributed by atoms with Crippen molar-refractivity contribution >= 4 is 22.0 Å². The number of hydrogen-bond donors (Lipinski definition) is 1. The summed E-state index contributed by atoms with van der Waals surface area (Å²) in [5.41, 5.74) is 3.67. The topological polar surface area (TPSA) is 21.8 Å². The van der Waals surface area contributed by atoms with Crippen LogP contribution in [-0.2, 0) is 6.54 Å². The molecular formula is C20H21FN4S. The molecule has 26 heavy (non-hydrogen) atoms. The number of fused-ring (bicyclic) bond motifs is 3. The van der Waals surface area contributed by atoms with Crippen molar-refractivity contribution in [3.63, 3.8) is 0 Å². The van der Waals surface area contributed by atoms with E-state index in [-0.39, 0.29) is 5.82 Å². The third-order valence-electron chi connectivity index (χ3n) is 5.25. The lowest BCUT2D eigenvalue weighted by atomic mass is 10.2. The second kappa shape index (κ2) is 6.45. The summed E-state index contributed by atoms with van der Waals surface area (Å²) >= 11 is 1.79. The number of nitrogens with one attached hydrogen (secondary N) is 1. The molecule has 1 aromatic carbocycles. The molecule has 0 spiro atoms. The van der Waals surface area contributed by atoms with E-state index in [4.69, 9.17) is 0 Å². The average Bonchev–Trinajstić information content (AvgIpc) is 3.32. The van der Waals surface area contributed by atoms with Gasteiger partial charge >= 0.3 is 0 Å². The lowest BCUT2D eigenvalue weighted by Gasteiger charge is -2.40. The summed E-state index contributed by atoms with van der Waals surface area (Å²) in [6.45, 7) is 5.85. The molecule has 0 atom stereocenters.